The number of carbonyl (C=O) groups excluding carboxylic acids is 1. The zero-order chi connectivity index (χ0) is 22.1. The van der Waals surface area contributed by atoms with Crippen molar-refractivity contribution in [1.82, 2.24) is 20.4 Å². The molecule has 1 fully saturated rings. The molecule has 1 aliphatic rings. The number of rotatable bonds is 8. The molecule has 176 valence electrons. The van der Waals surface area contributed by atoms with Crippen LogP contribution < -0.4 is 10.6 Å². The van der Waals surface area contributed by atoms with Gasteiger partial charge in [-0.15, -0.1) is 35.3 Å². The van der Waals surface area contributed by atoms with Gasteiger partial charge in [-0.25, -0.2) is 4.99 Å². The molecule has 6 nitrogen and oxygen atoms in total. The van der Waals surface area contributed by atoms with Crippen molar-refractivity contribution in [2.75, 3.05) is 40.3 Å². The van der Waals surface area contributed by atoms with Crippen LogP contribution in [0.5, 0.6) is 0 Å². The van der Waals surface area contributed by atoms with Crippen LogP contribution in [0.2, 0.25) is 0 Å². The first-order valence-corrected chi connectivity index (χ1v) is 12.0. The molecule has 8 heteroatoms. The van der Waals surface area contributed by atoms with E-state index in [-0.39, 0.29) is 36.4 Å². The molecule has 0 spiro atoms. The van der Waals surface area contributed by atoms with Crippen molar-refractivity contribution in [2.24, 2.45) is 4.99 Å². The summed E-state index contributed by atoms with van der Waals surface area (Å²) in [6.07, 6.45) is 3.07. The summed E-state index contributed by atoms with van der Waals surface area (Å²) in [7, 11) is 3.53. The monoisotopic (exact) mass is 569 g/mol. The average molecular weight is 570 g/mol. The van der Waals surface area contributed by atoms with Gasteiger partial charge in [-0.2, -0.15) is 0 Å². The van der Waals surface area contributed by atoms with Gasteiger partial charge in [0.15, 0.2) is 5.96 Å². The highest BCUT2D eigenvalue weighted by molar-refractivity contribution is 14.0. The smallest absolute Gasteiger partial charge is 0.243 e. The number of thiophene rings is 1. The van der Waals surface area contributed by atoms with Crippen LogP contribution in [-0.2, 0) is 11.2 Å². The van der Waals surface area contributed by atoms with Gasteiger partial charge in [0, 0.05) is 50.7 Å². The molecule has 1 unspecified atom stereocenters. The summed E-state index contributed by atoms with van der Waals surface area (Å²) in [6.45, 7) is 5.34. The van der Waals surface area contributed by atoms with E-state index in [1.54, 1.807) is 30.3 Å². The predicted molar refractivity (Wildman–Crippen MR) is 145 cm³/mol. The summed E-state index contributed by atoms with van der Waals surface area (Å²) in [4.78, 5) is 22.0. The largest absolute Gasteiger partial charge is 0.356 e. The van der Waals surface area contributed by atoms with Gasteiger partial charge < -0.3 is 15.5 Å². The van der Waals surface area contributed by atoms with E-state index < -0.39 is 0 Å². The summed E-state index contributed by atoms with van der Waals surface area (Å²) >= 11 is 1.77. The lowest BCUT2D eigenvalue weighted by Crippen LogP contribution is -2.49. The van der Waals surface area contributed by atoms with E-state index in [0.29, 0.717) is 12.1 Å². The van der Waals surface area contributed by atoms with Crippen molar-refractivity contribution < 1.29 is 4.79 Å². The third-order valence-electron chi connectivity index (χ3n) is 5.82. The molecule has 1 aliphatic heterocycles. The highest BCUT2D eigenvalue weighted by Gasteiger charge is 2.24. The lowest BCUT2D eigenvalue weighted by atomic mass is 10.0. The molecule has 0 saturated carbocycles. The molecule has 0 bridgehead atoms. The summed E-state index contributed by atoms with van der Waals surface area (Å²) in [6, 6.07) is 15.7. The van der Waals surface area contributed by atoms with E-state index in [0.717, 1.165) is 44.9 Å². The highest BCUT2D eigenvalue weighted by Crippen LogP contribution is 2.24. The number of carbonyl (C=O) groups is 1. The fourth-order valence-electron chi connectivity index (χ4n) is 3.77. The molecule has 1 aromatic heterocycles. The van der Waals surface area contributed by atoms with E-state index in [1.165, 1.54) is 10.4 Å². The van der Waals surface area contributed by atoms with Crippen molar-refractivity contribution in [3.63, 3.8) is 0 Å². The second-order valence-electron chi connectivity index (χ2n) is 8.25. The SMILES string of the molecule is CC(c1ccccc1)N1CCC(NC(=NCC(=O)N(C)C)NCCc2cccs2)CC1.I. The van der Waals surface area contributed by atoms with Gasteiger partial charge in [-0.3, -0.25) is 9.69 Å². The van der Waals surface area contributed by atoms with Crippen molar-refractivity contribution in [2.45, 2.75) is 38.3 Å². The molecule has 1 aromatic carbocycles. The molecule has 2 aromatic rings. The van der Waals surface area contributed by atoms with Crippen LogP contribution in [0, 0.1) is 0 Å². The van der Waals surface area contributed by atoms with E-state index in [4.69, 9.17) is 0 Å². The van der Waals surface area contributed by atoms with Gasteiger partial charge in [0.2, 0.25) is 5.91 Å². The van der Waals surface area contributed by atoms with Crippen LogP contribution in [0.3, 0.4) is 0 Å². The average Bonchev–Trinajstić information content (AvgIpc) is 3.31. The quantitative estimate of drug-likeness (QED) is 0.289. The highest BCUT2D eigenvalue weighted by atomic mass is 127. The van der Waals surface area contributed by atoms with Gasteiger partial charge in [0.1, 0.15) is 6.54 Å². The van der Waals surface area contributed by atoms with Crippen molar-refractivity contribution in [1.29, 1.82) is 0 Å². The number of likely N-dealkylation sites (N-methyl/N-ethyl adjacent to an activating group) is 1. The zero-order valence-corrected chi connectivity index (χ0v) is 22.4. The Hall–Kier alpha value is -1.65. The first-order chi connectivity index (χ1) is 15.0. The summed E-state index contributed by atoms with van der Waals surface area (Å²) < 4.78 is 0. The maximum Gasteiger partial charge on any atom is 0.243 e. The lowest BCUT2D eigenvalue weighted by molar-refractivity contribution is -0.127. The Morgan fingerprint density at radius 3 is 2.53 bits per heavy atom. The van der Waals surface area contributed by atoms with Crippen LogP contribution >= 0.6 is 35.3 Å². The minimum atomic E-state index is 0. The lowest BCUT2D eigenvalue weighted by Gasteiger charge is -2.37. The van der Waals surface area contributed by atoms with Gasteiger partial charge in [0.05, 0.1) is 0 Å². The molecular formula is C24H36IN5OS. The van der Waals surface area contributed by atoms with Crippen LogP contribution in [0.4, 0.5) is 0 Å². The van der Waals surface area contributed by atoms with Gasteiger partial charge in [-0.1, -0.05) is 36.4 Å². The number of benzene rings is 1. The number of piperidine rings is 1. The topological polar surface area (TPSA) is 60.0 Å². The number of nitrogens with zero attached hydrogens (tertiary/aromatic N) is 3. The van der Waals surface area contributed by atoms with Crippen LogP contribution in [0.25, 0.3) is 0 Å². The number of guanidine groups is 1. The van der Waals surface area contributed by atoms with Gasteiger partial charge in [-0.05, 0) is 43.2 Å². The number of amides is 1. The number of halogens is 1. The fourth-order valence-corrected chi connectivity index (χ4v) is 4.48. The standard InChI is InChI=1S/C24H35N5OS.HI/c1-19(20-8-5-4-6-9-20)29-15-12-21(13-16-29)27-24(26-18-23(30)28(2)3)25-14-11-22-10-7-17-31-22;/h4-10,17,19,21H,11-16,18H2,1-3H3,(H2,25,26,27);1H. The molecule has 0 aliphatic carbocycles. The predicted octanol–water partition coefficient (Wildman–Crippen LogP) is 3.76. The summed E-state index contributed by atoms with van der Waals surface area (Å²) in [5.41, 5.74) is 1.37. The van der Waals surface area contributed by atoms with Crippen LogP contribution in [-0.4, -0.2) is 68.0 Å². The second kappa shape index (κ2) is 13.8. The van der Waals surface area contributed by atoms with Crippen molar-refractivity contribution >= 4 is 47.2 Å². The van der Waals surface area contributed by atoms with E-state index in [9.17, 15) is 4.79 Å². The molecule has 1 amide bonds. The van der Waals surface area contributed by atoms with E-state index in [2.05, 4.69) is 75.3 Å². The Morgan fingerprint density at radius 1 is 1.19 bits per heavy atom. The molecule has 0 radical (unpaired) electrons. The molecule has 3 rings (SSSR count). The first-order valence-electron chi connectivity index (χ1n) is 11.1. The van der Waals surface area contributed by atoms with Crippen molar-refractivity contribution in [3.8, 4) is 0 Å². The number of nitrogens with one attached hydrogen (secondary N) is 2. The minimum Gasteiger partial charge on any atom is -0.356 e. The maximum absolute atomic E-state index is 12.0. The zero-order valence-electron chi connectivity index (χ0n) is 19.3. The Balaban J connectivity index is 0.00000363. The summed E-state index contributed by atoms with van der Waals surface area (Å²) in [5.74, 6) is 0.743. The second-order valence-corrected chi connectivity index (χ2v) is 9.28. The van der Waals surface area contributed by atoms with E-state index >= 15 is 0 Å². The number of aliphatic imine (C=N–C) groups is 1. The third kappa shape index (κ3) is 8.37. The van der Waals surface area contributed by atoms with Crippen LogP contribution in [0.15, 0.2) is 52.8 Å². The summed E-state index contributed by atoms with van der Waals surface area (Å²) in [5, 5.41) is 9.09. The molecule has 1 saturated heterocycles. The molecular weight excluding hydrogens is 533 g/mol. The molecule has 1 atom stereocenters. The molecule has 2 heterocycles. The number of hydrogen-bond donors (Lipinski definition) is 2. The number of likely N-dealkylation sites (tertiary alicyclic amines) is 1. The Kier molecular flexibility index (Phi) is 11.5. The fraction of sp³-hybridized carbons (Fsp3) is 0.500. The Labute approximate surface area is 213 Å². The van der Waals surface area contributed by atoms with Crippen molar-refractivity contribution in [3.05, 3.63) is 58.3 Å². The minimum absolute atomic E-state index is 0. The van der Waals surface area contributed by atoms with Gasteiger partial charge in [0.25, 0.3) is 0 Å². The normalized spacial score (nSPS) is 16.2. The molecule has 32 heavy (non-hydrogen) atoms. The van der Waals surface area contributed by atoms with Gasteiger partial charge >= 0.3 is 0 Å². The third-order valence-corrected chi connectivity index (χ3v) is 6.75. The maximum atomic E-state index is 12.0. The van der Waals surface area contributed by atoms with E-state index in [1.807, 2.05) is 0 Å². The van der Waals surface area contributed by atoms with Crippen LogP contribution in [0.1, 0.15) is 36.2 Å². The Morgan fingerprint density at radius 2 is 1.91 bits per heavy atom. The number of hydrogen-bond acceptors (Lipinski definition) is 4. The molecule has 2 N–H and O–H groups in total. The Bertz CT molecular complexity index is 820. The first kappa shape index (κ1) is 26.6.